The summed E-state index contributed by atoms with van der Waals surface area (Å²) >= 11 is 0. The summed E-state index contributed by atoms with van der Waals surface area (Å²) in [5.41, 5.74) is 4.68. The zero-order valence-electron chi connectivity index (χ0n) is 15.5. The van der Waals surface area contributed by atoms with Crippen molar-refractivity contribution in [2.75, 3.05) is 13.2 Å². The van der Waals surface area contributed by atoms with Crippen LogP contribution < -0.4 is 5.32 Å². The van der Waals surface area contributed by atoms with Crippen molar-refractivity contribution in [2.45, 2.75) is 5.92 Å². The van der Waals surface area contributed by atoms with Crippen molar-refractivity contribution in [3.8, 4) is 11.1 Å². The maximum Gasteiger partial charge on any atom is 0.407 e. The molecule has 1 aromatic heterocycles. The van der Waals surface area contributed by atoms with Gasteiger partial charge in [-0.1, -0.05) is 54.6 Å². The summed E-state index contributed by atoms with van der Waals surface area (Å²) in [5.74, 6) is -0.839. The van der Waals surface area contributed by atoms with Crippen LogP contribution in [0.15, 0.2) is 71.2 Å². The number of nitrogens with one attached hydrogen (secondary N) is 1. The van der Waals surface area contributed by atoms with Gasteiger partial charge in [-0.3, -0.25) is 0 Å². The predicted molar refractivity (Wildman–Crippen MR) is 108 cm³/mol. The first-order valence-electron chi connectivity index (χ1n) is 9.22. The second-order valence-corrected chi connectivity index (χ2v) is 6.62. The Hall–Kier alpha value is -3.80. The molecule has 0 bridgehead atoms. The molecule has 2 N–H and O–H groups in total. The normalized spacial score (nSPS) is 12.6. The molecule has 1 aliphatic rings. The van der Waals surface area contributed by atoms with Gasteiger partial charge in [0.15, 0.2) is 0 Å². The van der Waals surface area contributed by atoms with E-state index in [-0.39, 0.29) is 24.8 Å². The van der Waals surface area contributed by atoms with Gasteiger partial charge in [0.25, 0.3) is 0 Å². The molecule has 2 aromatic carbocycles. The highest BCUT2D eigenvalue weighted by Crippen LogP contribution is 2.44. The van der Waals surface area contributed by atoms with Gasteiger partial charge in [0.1, 0.15) is 12.4 Å². The lowest BCUT2D eigenvalue weighted by Gasteiger charge is -2.14. The van der Waals surface area contributed by atoms with Crippen molar-refractivity contribution >= 4 is 18.1 Å². The number of fused-ring (bicyclic) bond motifs is 3. The number of carboxylic acids is 1. The zero-order chi connectivity index (χ0) is 20.2. The van der Waals surface area contributed by atoms with Crippen LogP contribution >= 0.6 is 0 Å². The number of benzene rings is 2. The largest absolute Gasteiger partial charge is 0.475 e. The highest BCUT2D eigenvalue weighted by molar-refractivity contribution is 5.84. The summed E-state index contributed by atoms with van der Waals surface area (Å²) in [6.07, 6.45) is 2.74. The minimum atomic E-state index is -1.12. The number of ether oxygens (including phenoxy) is 1. The quantitative estimate of drug-likeness (QED) is 0.647. The molecule has 0 spiro atoms. The van der Waals surface area contributed by atoms with E-state index in [2.05, 4.69) is 29.6 Å². The molecular weight excluding hydrogens is 370 g/mol. The SMILES string of the molecule is O=C(NCC=Cc1ccc(C(=O)O)o1)OCC1c2ccccc2-c2ccccc21. The third-order valence-electron chi connectivity index (χ3n) is 4.83. The Morgan fingerprint density at radius 3 is 2.28 bits per heavy atom. The van der Waals surface area contributed by atoms with Gasteiger partial charge in [-0.05, 0) is 40.5 Å². The third-order valence-corrected chi connectivity index (χ3v) is 4.83. The predicted octanol–water partition coefficient (Wildman–Crippen LogP) is 4.53. The highest BCUT2D eigenvalue weighted by atomic mass is 16.5. The number of carbonyl (C=O) groups is 2. The molecule has 3 aromatic rings. The molecule has 0 fully saturated rings. The fraction of sp³-hybridized carbons (Fsp3) is 0.130. The van der Waals surface area contributed by atoms with Crippen LogP contribution in [-0.2, 0) is 4.74 Å². The molecule has 0 atom stereocenters. The van der Waals surface area contributed by atoms with Gasteiger partial charge >= 0.3 is 12.1 Å². The third kappa shape index (κ3) is 3.91. The fourth-order valence-electron chi connectivity index (χ4n) is 3.52. The Kier molecular flexibility index (Phi) is 5.16. The van der Waals surface area contributed by atoms with E-state index in [1.54, 1.807) is 18.2 Å². The molecule has 1 aliphatic carbocycles. The monoisotopic (exact) mass is 389 g/mol. The molecule has 4 rings (SSSR count). The number of amides is 1. The van der Waals surface area contributed by atoms with Gasteiger partial charge in [0, 0.05) is 12.5 Å². The van der Waals surface area contributed by atoms with E-state index in [0.29, 0.717) is 5.76 Å². The Morgan fingerprint density at radius 2 is 1.66 bits per heavy atom. The summed E-state index contributed by atoms with van der Waals surface area (Å²) in [6.45, 7) is 0.490. The first-order chi connectivity index (χ1) is 14.1. The van der Waals surface area contributed by atoms with Crippen LogP contribution in [0, 0.1) is 0 Å². The number of carboxylic acid groups (broad SMARTS) is 1. The van der Waals surface area contributed by atoms with Crippen LogP contribution in [-0.4, -0.2) is 30.3 Å². The van der Waals surface area contributed by atoms with E-state index in [4.69, 9.17) is 14.3 Å². The summed E-state index contributed by atoms with van der Waals surface area (Å²) < 4.78 is 10.5. The van der Waals surface area contributed by atoms with Crippen molar-refractivity contribution in [1.29, 1.82) is 0 Å². The van der Waals surface area contributed by atoms with Crippen LogP contribution in [0.1, 0.15) is 33.4 Å². The lowest BCUT2D eigenvalue weighted by atomic mass is 9.98. The van der Waals surface area contributed by atoms with E-state index in [1.807, 2.05) is 24.3 Å². The summed E-state index contributed by atoms with van der Waals surface area (Å²) in [4.78, 5) is 22.8. The Morgan fingerprint density at radius 1 is 1.00 bits per heavy atom. The van der Waals surface area contributed by atoms with Gasteiger partial charge in [-0.15, -0.1) is 0 Å². The van der Waals surface area contributed by atoms with Crippen LogP contribution in [0.25, 0.3) is 17.2 Å². The van der Waals surface area contributed by atoms with Crippen molar-refractivity contribution < 1.29 is 23.8 Å². The maximum absolute atomic E-state index is 12.1. The van der Waals surface area contributed by atoms with Crippen LogP contribution in [0.2, 0.25) is 0 Å². The minimum Gasteiger partial charge on any atom is -0.475 e. The molecule has 0 radical (unpaired) electrons. The van der Waals surface area contributed by atoms with Crippen LogP contribution in [0.3, 0.4) is 0 Å². The fourth-order valence-corrected chi connectivity index (χ4v) is 3.52. The van der Waals surface area contributed by atoms with Crippen molar-refractivity contribution in [2.24, 2.45) is 0 Å². The van der Waals surface area contributed by atoms with Crippen molar-refractivity contribution in [3.63, 3.8) is 0 Å². The van der Waals surface area contributed by atoms with Crippen LogP contribution in [0.5, 0.6) is 0 Å². The Bertz CT molecular complexity index is 1040. The molecule has 0 unspecified atom stereocenters. The van der Waals surface area contributed by atoms with Crippen molar-refractivity contribution in [3.05, 3.63) is 89.4 Å². The molecular formula is C23H19NO5. The minimum absolute atomic E-state index is 0.0150. The van der Waals surface area contributed by atoms with Gasteiger partial charge in [-0.2, -0.15) is 0 Å². The first-order valence-corrected chi connectivity index (χ1v) is 9.22. The van der Waals surface area contributed by atoms with Crippen LogP contribution in [0.4, 0.5) is 4.79 Å². The van der Waals surface area contributed by atoms with Gasteiger partial charge < -0.3 is 19.6 Å². The molecule has 1 heterocycles. The number of carbonyl (C=O) groups excluding carboxylic acids is 1. The topological polar surface area (TPSA) is 88.8 Å². The highest BCUT2D eigenvalue weighted by Gasteiger charge is 2.28. The number of rotatable bonds is 6. The molecule has 146 valence electrons. The summed E-state index contributed by atoms with van der Waals surface area (Å²) in [6, 6.07) is 19.2. The van der Waals surface area contributed by atoms with E-state index in [1.165, 1.54) is 17.2 Å². The van der Waals surface area contributed by atoms with E-state index >= 15 is 0 Å². The molecule has 6 heteroatoms. The van der Waals surface area contributed by atoms with Gasteiger partial charge in [-0.25, -0.2) is 9.59 Å². The number of alkyl carbamates (subject to hydrolysis) is 1. The van der Waals surface area contributed by atoms with Gasteiger partial charge in [0.05, 0.1) is 0 Å². The number of aromatic carboxylic acids is 1. The second-order valence-electron chi connectivity index (χ2n) is 6.62. The molecule has 0 saturated carbocycles. The Labute approximate surface area is 167 Å². The summed E-state index contributed by atoms with van der Waals surface area (Å²) in [5, 5.41) is 11.5. The second kappa shape index (κ2) is 8.06. The average molecular weight is 389 g/mol. The molecule has 0 saturated heterocycles. The van der Waals surface area contributed by atoms with E-state index in [0.717, 1.165) is 11.1 Å². The van der Waals surface area contributed by atoms with E-state index < -0.39 is 12.1 Å². The lowest BCUT2D eigenvalue weighted by molar-refractivity contribution is 0.0662. The summed E-state index contributed by atoms with van der Waals surface area (Å²) in [7, 11) is 0. The van der Waals surface area contributed by atoms with E-state index in [9.17, 15) is 9.59 Å². The zero-order valence-corrected chi connectivity index (χ0v) is 15.5. The average Bonchev–Trinajstić information content (AvgIpc) is 3.33. The smallest absolute Gasteiger partial charge is 0.407 e. The lowest BCUT2D eigenvalue weighted by Crippen LogP contribution is -2.26. The number of hydrogen-bond donors (Lipinski definition) is 2. The number of furan rings is 1. The Balaban J connectivity index is 1.32. The maximum atomic E-state index is 12.1. The molecule has 1 amide bonds. The first kappa shape index (κ1) is 18.6. The van der Waals surface area contributed by atoms with Crippen molar-refractivity contribution in [1.82, 2.24) is 5.32 Å². The van der Waals surface area contributed by atoms with Gasteiger partial charge in [0.2, 0.25) is 5.76 Å². The molecule has 29 heavy (non-hydrogen) atoms. The molecule has 0 aliphatic heterocycles. The number of hydrogen-bond acceptors (Lipinski definition) is 4. The molecule has 6 nitrogen and oxygen atoms in total. The standard InChI is InChI=1S/C23H19NO5/c25-22(26)21-12-11-15(29-21)6-5-13-24-23(27)28-14-20-18-9-3-1-7-16(18)17-8-2-4-10-19(17)20/h1-12,20H,13-14H2,(H,24,27)(H,25,26).